The Morgan fingerprint density at radius 1 is 1.17 bits per heavy atom. The molecule has 0 spiro atoms. The van der Waals surface area contributed by atoms with E-state index in [9.17, 15) is 9.36 Å². The summed E-state index contributed by atoms with van der Waals surface area (Å²) < 4.78 is 18.2. The van der Waals surface area contributed by atoms with E-state index in [1.165, 1.54) is 16.2 Å². The van der Waals surface area contributed by atoms with E-state index in [2.05, 4.69) is 4.90 Å². The van der Waals surface area contributed by atoms with E-state index in [0.717, 1.165) is 24.1 Å². The van der Waals surface area contributed by atoms with Crippen LogP contribution in [0.3, 0.4) is 0 Å². The van der Waals surface area contributed by atoms with Crippen molar-refractivity contribution in [2.45, 2.75) is 18.7 Å². The van der Waals surface area contributed by atoms with Crippen LogP contribution in [0.1, 0.15) is 32.1 Å². The first-order valence-corrected chi connectivity index (χ1v) is 12.3. The van der Waals surface area contributed by atoms with E-state index in [-0.39, 0.29) is 11.8 Å². The summed E-state index contributed by atoms with van der Waals surface area (Å²) in [5.74, 6) is -0.589. The van der Waals surface area contributed by atoms with Crippen molar-refractivity contribution in [3.05, 3.63) is 87.3 Å². The first-order valence-electron chi connectivity index (χ1n) is 9.30. The van der Waals surface area contributed by atoms with E-state index in [0.29, 0.717) is 22.2 Å². The van der Waals surface area contributed by atoms with Gasteiger partial charge in [0.25, 0.3) is 0 Å². The Balaban J connectivity index is 1.53. The van der Waals surface area contributed by atoms with Gasteiger partial charge in [0.15, 0.2) is 5.06 Å². The maximum Gasteiger partial charge on any atom is 0.359 e. The maximum absolute atomic E-state index is 12.6. The van der Waals surface area contributed by atoms with Crippen molar-refractivity contribution in [3.8, 4) is 5.06 Å². The fourth-order valence-electron chi connectivity index (χ4n) is 3.62. The molecule has 148 valence electrons. The molecular weight excluding hydrogens is 425 g/mol. The number of fused-ring (bicyclic) bond motifs is 1. The second kappa shape index (κ2) is 8.76. The minimum atomic E-state index is -1.50. The van der Waals surface area contributed by atoms with Crippen LogP contribution in [0.25, 0.3) is 0 Å². The van der Waals surface area contributed by atoms with E-state index in [4.69, 9.17) is 16.3 Å². The number of esters is 1. The highest BCUT2D eigenvalue weighted by Crippen LogP contribution is 2.46. The minimum absolute atomic E-state index is 0.234. The van der Waals surface area contributed by atoms with Crippen LogP contribution in [0.4, 0.5) is 0 Å². The van der Waals surface area contributed by atoms with Crippen molar-refractivity contribution < 1.29 is 14.1 Å². The smallest absolute Gasteiger partial charge is 0.359 e. The Hall–Kier alpha value is -2.04. The van der Waals surface area contributed by atoms with Crippen molar-refractivity contribution in [1.29, 1.82) is 0 Å². The highest BCUT2D eigenvalue weighted by molar-refractivity contribution is 7.44. The highest BCUT2D eigenvalue weighted by Gasteiger charge is 2.37. The van der Waals surface area contributed by atoms with E-state index < -0.39 is 7.80 Å². The van der Waals surface area contributed by atoms with Crippen molar-refractivity contribution in [2.75, 3.05) is 13.2 Å². The lowest BCUT2D eigenvalue weighted by molar-refractivity contribution is 0.0740. The van der Waals surface area contributed by atoms with Crippen molar-refractivity contribution >= 4 is 36.7 Å². The summed E-state index contributed by atoms with van der Waals surface area (Å²) in [7, 11) is -1.50. The fraction of sp³-hybridized carbons (Fsp3) is 0.227. The van der Waals surface area contributed by atoms with E-state index in [1.807, 2.05) is 48.5 Å². The Bertz CT molecular complexity index is 1050. The van der Waals surface area contributed by atoms with Crippen molar-refractivity contribution in [2.24, 2.45) is 0 Å². The number of benzene rings is 2. The molecule has 1 aliphatic heterocycles. The molecule has 1 aliphatic rings. The second-order valence-corrected chi connectivity index (χ2v) is 10.0. The van der Waals surface area contributed by atoms with Gasteiger partial charge in [0, 0.05) is 28.6 Å². The minimum Gasteiger partial charge on any atom is -0.412 e. The molecule has 29 heavy (non-hydrogen) atoms. The van der Waals surface area contributed by atoms with Crippen LogP contribution in [0.15, 0.2) is 60.7 Å². The topological polar surface area (TPSA) is 46.6 Å². The molecule has 2 atom stereocenters. The molecule has 0 radical (unpaired) electrons. The number of thiophene rings is 1. The van der Waals surface area contributed by atoms with Crippen LogP contribution in [-0.4, -0.2) is 24.1 Å². The lowest BCUT2D eigenvalue weighted by atomic mass is 10.1. The Morgan fingerprint density at radius 3 is 2.62 bits per heavy atom. The first kappa shape index (κ1) is 20.2. The molecule has 0 N–H and O–H groups in total. The zero-order valence-corrected chi connectivity index (χ0v) is 18.3. The monoisotopic (exact) mass is 444 g/mol. The van der Waals surface area contributed by atoms with Gasteiger partial charge < -0.3 is 4.74 Å². The van der Waals surface area contributed by atoms with Crippen LogP contribution in [0.5, 0.6) is 5.06 Å². The zero-order chi connectivity index (χ0) is 20.4. The number of carbonyl (C=O) groups excluding carboxylic acids is 1. The summed E-state index contributed by atoms with van der Waals surface area (Å²) in [4.78, 5) is 15.7. The summed E-state index contributed by atoms with van der Waals surface area (Å²) in [5, 5.41) is 1.23. The van der Waals surface area contributed by atoms with Gasteiger partial charge >= 0.3 is 13.8 Å². The summed E-state index contributed by atoms with van der Waals surface area (Å²) >= 11 is 7.90. The van der Waals surface area contributed by atoms with Crippen LogP contribution in [-0.2, 0) is 17.5 Å². The molecule has 0 fully saturated rings. The number of halogens is 1. The molecule has 0 saturated heterocycles. The molecule has 0 bridgehead atoms. The van der Waals surface area contributed by atoms with Gasteiger partial charge in [-0.3, -0.25) is 4.90 Å². The summed E-state index contributed by atoms with van der Waals surface area (Å²) in [5.41, 5.74) is 2.54. The number of rotatable bonds is 5. The number of carbonyl (C=O) groups is 1. The Kier molecular flexibility index (Phi) is 6.12. The molecule has 2 aromatic carbocycles. The third kappa shape index (κ3) is 4.44. The van der Waals surface area contributed by atoms with Gasteiger partial charge in [-0.25, -0.2) is 4.79 Å². The zero-order valence-electron chi connectivity index (χ0n) is 15.9. The molecule has 7 heteroatoms. The molecule has 0 aliphatic carbocycles. The van der Waals surface area contributed by atoms with Gasteiger partial charge in [-0.2, -0.15) is 0 Å². The Labute approximate surface area is 179 Å². The van der Waals surface area contributed by atoms with Gasteiger partial charge in [0.2, 0.25) is 5.78 Å². The molecule has 3 aromatic rings. The highest BCUT2D eigenvalue weighted by atomic mass is 35.5. The average Bonchev–Trinajstić information content (AvgIpc) is 3.11. The molecule has 2 heterocycles. The second-order valence-electron chi connectivity index (χ2n) is 6.93. The summed E-state index contributed by atoms with van der Waals surface area (Å²) in [6, 6.07) is 18.5. The largest absolute Gasteiger partial charge is 0.412 e. The maximum atomic E-state index is 12.6. The molecular formula is C22H20ClNO3PS+. The molecule has 0 amide bonds. The normalized spacial score (nSPS) is 15.4. The van der Waals surface area contributed by atoms with E-state index >= 15 is 0 Å². The number of ether oxygens (including phenoxy) is 1. The molecule has 4 nitrogen and oxygen atoms in total. The van der Waals surface area contributed by atoms with Gasteiger partial charge in [0.1, 0.15) is 6.66 Å². The summed E-state index contributed by atoms with van der Waals surface area (Å²) in [6.45, 7) is 3.18. The fourth-order valence-corrected chi connectivity index (χ4v) is 6.22. The van der Waals surface area contributed by atoms with Gasteiger partial charge in [-0.15, -0.1) is 11.3 Å². The number of hydrogen-bond donors (Lipinski definition) is 0. The van der Waals surface area contributed by atoms with Crippen LogP contribution >= 0.6 is 30.7 Å². The molecule has 0 saturated carbocycles. The Morgan fingerprint density at radius 2 is 1.90 bits per heavy atom. The number of hydrogen-bond acceptors (Lipinski definition) is 5. The quantitative estimate of drug-likeness (QED) is 0.350. The predicted octanol–water partition coefficient (Wildman–Crippen LogP) is 6.13. The molecule has 4 rings (SSSR count). The average molecular weight is 445 g/mol. The van der Waals surface area contributed by atoms with Crippen LogP contribution in [0, 0.1) is 0 Å². The SMILES string of the molecule is C[P+](=O)C(c1ccccc1Cl)N1CCc2sc(OC(=O)c3ccccc3)cc2C1. The predicted molar refractivity (Wildman–Crippen MR) is 118 cm³/mol. The third-order valence-corrected chi connectivity index (χ3v) is 7.70. The van der Waals surface area contributed by atoms with Crippen molar-refractivity contribution in [1.82, 2.24) is 4.90 Å². The number of nitrogens with zero attached hydrogens (tertiary/aromatic N) is 1. The first-order chi connectivity index (χ1) is 14.0. The van der Waals surface area contributed by atoms with Gasteiger partial charge in [-0.05, 0) is 36.2 Å². The van der Waals surface area contributed by atoms with Gasteiger partial charge in [0.05, 0.1) is 5.56 Å². The lowest BCUT2D eigenvalue weighted by Crippen LogP contribution is -2.32. The standard InChI is InChI=1S/C22H20ClNO3PS/c1-28(26)21(17-9-5-6-10-18(17)23)24-12-11-19-16(14-24)13-20(29-19)27-22(25)15-7-3-2-4-8-15/h2-10,13,21H,11-12,14H2,1H3/q+1. The molecule has 1 aromatic heterocycles. The van der Waals surface area contributed by atoms with Crippen LogP contribution < -0.4 is 4.74 Å². The third-order valence-electron chi connectivity index (χ3n) is 4.95. The lowest BCUT2D eigenvalue weighted by Gasteiger charge is -2.29. The summed E-state index contributed by atoms with van der Waals surface area (Å²) in [6.07, 6.45) is 0.826. The molecule has 2 unspecified atom stereocenters. The van der Waals surface area contributed by atoms with Crippen LogP contribution in [0.2, 0.25) is 5.02 Å². The van der Waals surface area contributed by atoms with Gasteiger partial charge in [-0.1, -0.05) is 52.6 Å². The van der Waals surface area contributed by atoms with Crippen molar-refractivity contribution in [3.63, 3.8) is 0 Å². The van der Waals surface area contributed by atoms with E-state index in [1.54, 1.807) is 18.8 Å².